The quantitative estimate of drug-likeness (QED) is 0.521. The van der Waals surface area contributed by atoms with Crippen LogP contribution in [0.1, 0.15) is 36.1 Å². The second kappa shape index (κ2) is 4.98. The predicted molar refractivity (Wildman–Crippen MR) is 69.8 cm³/mol. The first-order chi connectivity index (χ1) is 7.93. The molecule has 0 fully saturated rings. The molecule has 1 aliphatic carbocycles. The summed E-state index contributed by atoms with van der Waals surface area (Å²) in [5, 5.41) is 0. The van der Waals surface area contributed by atoms with E-state index in [0.29, 0.717) is 0 Å². The van der Waals surface area contributed by atoms with E-state index in [1.54, 1.807) is 0 Å². The van der Waals surface area contributed by atoms with Gasteiger partial charge in [0.2, 0.25) is 0 Å². The van der Waals surface area contributed by atoms with Crippen molar-refractivity contribution < 1.29 is 0 Å². The van der Waals surface area contributed by atoms with Crippen molar-refractivity contribution in [2.75, 3.05) is 0 Å². The van der Waals surface area contributed by atoms with Crippen molar-refractivity contribution in [1.82, 2.24) is 0 Å². The molecule has 82 valence electrons. The first-order valence-corrected chi connectivity index (χ1v) is 6.07. The van der Waals surface area contributed by atoms with E-state index in [2.05, 4.69) is 48.5 Å². The Balaban J connectivity index is 0.000000457. The third kappa shape index (κ3) is 2.01. The molecule has 0 heterocycles. The summed E-state index contributed by atoms with van der Waals surface area (Å²) in [5.74, 6) is 0. The zero-order valence-corrected chi connectivity index (χ0v) is 10.0. The van der Waals surface area contributed by atoms with Crippen LogP contribution >= 0.6 is 0 Å². The number of fused-ring (bicyclic) bond motifs is 2. The Bertz CT molecular complexity index is 381. The number of hydrogen-bond acceptors (Lipinski definition) is 0. The number of rotatable bonds is 0. The van der Waals surface area contributed by atoms with E-state index in [4.69, 9.17) is 0 Å². The first kappa shape index (κ1) is 10.9. The van der Waals surface area contributed by atoms with Gasteiger partial charge in [-0.25, -0.2) is 0 Å². The third-order valence-electron chi connectivity index (χ3n) is 3.00. The molecular formula is C16H18. The average molecular weight is 210 g/mol. The monoisotopic (exact) mass is 210 g/mol. The van der Waals surface area contributed by atoms with Crippen LogP contribution in [-0.4, -0.2) is 0 Å². The second-order valence-electron chi connectivity index (χ2n) is 3.89. The van der Waals surface area contributed by atoms with Crippen LogP contribution in [0.2, 0.25) is 0 Å². The van der Waals surface area contributed by atoms with Gasteiger partial charge in [0.1, 0.15) is 0 Å². The summed E-state index contributed by atoms with van der Waals surface area (Å²) in [7, 11) is 0. The van der Waals surface area contributed by atoms with E-state index in [1.807, 2.05) is 13.8 Å². The molecule has 0 unspecified atom stereocenters. The highest BCUT2D eigenvalue weighted by Gasteiger charge is 2.12. The van der Waals surface area contributed by atoms with E-state index in [-0.39, 0.29) is 0 Å². The Morgan fingerprint density at radius 3 is 1.06 bits per heavy atom. The minimum atomic E-state index is 1.10. The van der Waals surface area contributed by atoms with Crippen molar-refractivity contribution in [3.63, 3.8) is 0 Å². The van der Waals surface area contributed by atoms with Crippen molar-refractivity contribution in [3.8, 4) is 0 Å². The van der Waals surface area contributed by atoms with Crippen LogP contribution in [0.5, 0.6) is 0 Å². The molecule has 0 saturated carbocycles. The molecule has 0 N–H and O–H groups in total. The fraction of sp³-hybridized carbons (Fsp3) is 0.250. The lowest BCUT2D eigenvalue weighted by atomic mass is 9.86. The molecule has 2 aromatic carbocycles. The first-order valence-electron chi connectivity index (χ1n) is 6.07. The van der Waals surface area contributed by atoms with Gasteiger partial charge in [-0.2, -0.15) is 0 Å². The van der Waals surface area contributed by atoms with Crippen LogP contribution in [0, 0.1) is 0 Å². The maximum absolute atomic E-state index is 2.24. The van der Waals surface area contributed by atoms with Gasteiger partial charge in [0, 0.05) is 0 Å². The molecular weight excluding hydrogens is 192 g/mol. The molecule has 0 saturated heterocycles. The molecule has 0 aliphatic heterocycles. The minimum Gasteiger partial charge on any atom is -0.0683 e. The summed E-state index contributed by atoms with van der Waals surface area (Å²) in [6, 6.07) is 17.5. The van der Waals surface area contributed by atoms with Gasteiger partial charge in [-0.1, -0.05) is 62.4 Å². The number of hydrogen-bond donors (Lipinski definition) is 0. The third-order valence-corrected chi connectivity index (χ3v) is 3.00. The van der Waals surface area contributed by atoms with Crippen molar-refractivity contribution in [1.29, 1.82) is 0 Å². The maximum atomic E-state index is 2.24. The maximum Gasteiger partial charge on any atom is -0.00201 e. The van der Waals surface area contributed by atoms with Crippen LogP contribution in [-0.2, 0) is 12.8 Å². The van der Waals surface area contributed by atoms with Gasteiger partial charge < -0.3 is 0 Å². The lowest BCUT2D eigenvalue weighted by Crippen LogP contribution is -2.06. The molecule has 0 nitrogen and oxygen atoms in total. The smallest absolute Gasteiger partial charge is 0.00201 e. The number of benzene rings is 2. The topological polar surface area (TPSA) is 0 Å². The molecule has 16 heavy (non-hydrogen) atoms. The lowest BCUT2D eigenvalue weighted by Gasteiger charge is -2.18. The van der Waals surface area contributed by atoms with Crippen LogP contribution in [0.15, 0.2) is 48.5 Å². The summed E-state index contributed by atoms with van der Waals surface area (Å²) in [6.45, 7) is 4.00. The van der Waals surface area contributed by atoms with Gasteiger partial charge in [-0.05, 0) is 35.1 Å². The van der Waals surface area contributed by atoms with E-state index in [1.165, 1.54) is 22.3 Å². The largest absolute Gasteiger partial charge is 0.0683 e. The van der Waals surface area contributed by atoms with E-state index >= 15 is 0 Å². The molecule has 0 bridgehead atoms. The normalized spacial score (nSPS) is 11.9. The summed E-state index contributed by atoms with van der Waals surface area (Å²) in [6.07, 6.45) is 2.21. The zero-order chi connectivity index (χ0) is 11.4. The molecule has 0 radical (unpaired) electrons. The van der Waals surface area contributed by atoms with Crippen molar-refractivity contribution in [2.24, 2.45) is 0 Å². The van der Waals surface area contributed by atoms with E-state index < -0.39 is 0 Å². The molecule has 2 aromatic rings. The Kier molecular flexibility index (Phi) is 3.40. The van der Waals surface area contributed by atoms with Gasteiger partial charge >= 0.3 is 0 Å². The van der Waals surface area contributed by atoms with Crippen molar-refractivity contribution >= 4 is 0 Å². The van der Waals surface area contributed by atoms with E-state index in [0.717, 1.165) is 12.8 Å². The van der Waals surface area contributed by atoms with E-state index in [9.17, 15) is 0 Å². The van der Waals surface area contributed by atoms with Crippen molar-refractivity contribution in [2.45, 2.75) is 26.7 Å². The highest BCUT2D eigenvalue weighted by Crippen LogP contribution is 2.26. The zero-order valence-electron chi connectivity index (χ0n) is 10.0. The standard InChI is InChI=1S/C14H12.C2H6/c1-2-6-12-10-14-8-4-3-7-13(14)9-11(12)5-1;1-2/h1-8H,9-10H2;1-2H3. The van der Waals surface area contributed by atoms with Gasteiger partial charge in [-0.15, -0.1) is 0 Å². The van der Waals surface area contributed by atoms with Gasteiger partial charge in [-0.3, -0.25) is 0 Å². The van der Waals surface area contributed by atoms with Crippen LogP contribution in [0.25, 0.3) is 0 Å². The second-order valence-corrected chi connectivity index (χ2v) is 3.89. The minimum absolute atomic E-state index is 1.10. The molecule has 0 atom stereocenters. The Labute approximate surface area is 97.9 Å². The predicted octanol–water partition coefficient (Wildman–Crippen LogP) is 4.21. The molecule has 0 spiro atoms. The summed E-state index contributed by atoms with van der Waals surface area (Å²) in [4.78, 5) is 0. The van der Waals surface area contributed by atoms with Gasteiger partial charge in [0.15, 0.2) is 0 Å². The molecule has 0 aromatic heterocycles. The van der Waals surface area contributed by atoms with Crippen LogP contribution < -0.4 is 0 Å². The lowest BCUT2D eigenvalue weighted by molar-refractivity contribution is 1.00. The highest BCUT2D eigenvalue weighted by atomic mass is 14.2. The fourth-order valence-electron chi connectivity index (χ4n) is 2.22. The average Bonchev–Trinajstić information content (AvgIpc) is 2.38. The molecule has 0 amide bonds. The Hall–Kier alpha value is -1.56. The fourth-order valence-corrected chi connectivity index (χ4v) is 2.22. The Morgan fingerprint density at radius 1 is 0.562 bits per heavy atom. The SMILES string of the molecule is CC.c1ccc2c(c1)Cc1ccccc1C2. The van der Waals surface area contributed by atoms with Crippen LogP contribution in [0.4, 0.5) is 0 Å². The molecule has 1 aliphatic rings. The Morgan fingerprint density at radius 2 is 0.812 bits per heavy atom. The van der Waals surface area contributed by atoms with Crippen LogP contribution in [0.3, 0.4) is 0 Å². The van der Waals surface area contributed by atoms with Gasteiger partial charge in [0.05, 0.1) is 0 Å². The van der Waals surface area contributed by atoms with Crippen molar-refractivity contribution in [3.05, 3.63) is 70.8 Å². The van der Waals surface area contributed by atoms with Gasteiger partial charge in [0.25, 0.3) is 0 Å². The summed E-state index contributed by atoms with van der Waals surface area (Å²) < 4.78 is 0. The summed E-state index contributed by atoms with van der Waals surface area (Å²) in [5.41, 5.74) is 5.97. The highest BCUT2D eigenvalue weighted by molar-refractivity contribution is 5.44. The summed E-state index contributed by atoms with van der Waals surface area (Å²) >= 11 is 0. The molecule has 0 heteroatoms. The molecule has 3 rings (SSSR count).